The van der Waals surface area contributed by atoms with Crippen LogP contribution in [0.2, 0.25) is 0 Å². The van der Waals surface area contributed by atoms with Crippen LogP contribution in [0.25, 0.3) is 0 Å². The predicted molar refractivity (Wildman–Crippen MR) is 82.6 cm³/mol. The number of piperazine rings is 1. The molecule has 1 heterocycles. The summed E-state index contributed by atoms with van der Waals surface area (Å²) in [5.74, 6) is 1.35. The summed E-state index contributed by atoms with van der Waals surface area (Å²) < 4.78 is 5.76. The highest BCUT2D eigenvalue weighted by molar-refractivity contribution is 4.87. The van der Waals surface area contributed by atoms with E-state index in [1.165, 1.54) is 19.4 Å². The van der Waals surface area contributed by atoms with Gasteiger partial charge in [-0.2, -0.15) is 0 Å². The van der Waals surface area contributed by atoms with E-state index in [0.29, 0.717) is 23.9 Å². The second kappa shape index (κ2) is 8.93. The molecule has 1 aliphatic heterocycles. The van der Waals surface area contributed by atoms with Gasteiger partial charge in [0.25, 0.3) is 0 Å². The fourth-order valence-corrected chi connectivity index (χ4v) is 2.72. The topological polar surface area (TPSA) is 24.5 Å². The molecule has 3 nitrogen and oxygen atoms in total. The summed E-state index contributed by atoms with van der Waals surface area (Å²) in [5.41, 5.74) is 0. The maximum Gasteiger partial charge on any atom is 0.0593 e. The van der Waals surface area contributed by atoms with Gasteiger partial charge in [0.15, 0.2) is 0 Å². The Morgan fingerprint density at radius 2 is 2.00 bits per heavy atom. The number of hydrogen-bond donors (Lipinski definition) is 1. The van der Waals surface area contributed by atoms with Gasteiger partial charge in [-0.15, -0.1) is 0 Å². The molecule has 3 heteroatoms. The molecule has 0 aliphatic carbocycles. The van der Waals surface area contributed by atoms with Crippen LogP contribution in [0, 0.1) is 11.8 Å². The van der Waals surface area contributed by atoms with Gasteiger partial charge in [-0.25, -0.2) is 0 Å². The lowest BCUT2D eigenvalue weighted by Crippen LogP contribution is -2.58. The van der Waals surface area contributed by atoms with Crippen LogP contribution in [0.15, 0.2) is 0 Å². The Labute approximate surface area is 120 Å². The third-order valence-electron chi connectivity index (χ3n) is 3.96. The Hall–Kier alpha value is -0.120. The van der Waals surface area contributed by atoms with Gasteiger partial charge < -0.3 is 10.1 Å². The molecular formula is C16H34N2O. The van der Waals surface area contributed by atoms with Gasteiger partial charge in [0.05, 0.1) is 6.61 Å². The van der Waals surface area contributed by atoms with Crippen LogP contribution in [0.5, 0.6) is 0 Å². The van der Waals surface area contributed by atoms with Crippen molar-refractivity contribution in [2.45, 2.75) is 59.5 Å². The predicted octanol–water partition coefficient (Wildman–Crippen LogP) is 2.76. The van der Waals surface area contributed by atoms with Crippen LogP contribution in [0.3, 0.4) is 0 Å². The van der Waals surface area contributed by atoms with E-state index < -0.39 is 0 Å². The fraction of sp³-hybridized carbons (Fsp3) is 1.00. The molecular weight excluding hydrogens is 236 g/mol. The maximum absolute atomic E-state index is 5.76. The molecule has 1 aliphatic rings. The molecule has 0 aromatic rings. The van der Waals surface area contributed by atoms with Gasteiger partial charge in [0.2, 0.25) is 0 Å². The van der Waals surface area contributed by atoms with E-state index in [0.717, 1.165) is 26.3 Å². The molecule has 1 rings (SSSR count). The highest BCUT2D eigenvalue weighted by Gasteiger charge is 2.28. The fourth-order valence-electron chi connectivity index (χ4n) is 2.72. The largest absolute Gasteiger partial charge is 0.380 e. The van der Waals surface area contributed by atoms with Gasteiger partial charge in [-0.1, -0.05) is 41.0 Å². The van der Waals surface area contributed by atoms with Gasteiger partial charge >= 0.3 is 0 Å². The summed E-state index contributed by atoms with van der Waals surface area (Å²) in [6, 6.07) is 1.33. The zero-order valence-electron chi connectivity index (χ0n) is 13.6. The summed E-state index contributed by atoms with van der Waals surface area (Å²) in [6.07, 6.45) is 2.56. The maximum atomic E-state index is 5.76. The van der Waals surface area contributed by atoms with E-state index in [2.05, 4.69) is 44.8 Å². The van der Waals surface area contributed by atoms with Gasteiger partial charge in [0.1, 0.15) is 0 Å². The Kier molecular flexibility index (Phi) is 7.96. The second-order valence-electron chi connectivity index (χ2n) is 6.66. The molecule has 1 N–H and O–H groups in total. The van der Waals surface area contributed by atoms with Crippen LogP contribution >= 0.6 is 0 Å². The van der Waals surface area contributed by atoms with Crippen molar-refractivity contribution >= 4 is 0 Å². The van der Waals surface area contributed by atoms with Crippen molar-refractivity contribution in [2.75, 3.05) is 32.8 Å². The number of ether oxygens (including phenoxy) is 1. The standard InChI is InChI=1S/C16H34N2O/c1-6-7-15-10-17-16(14(4)5)11-18(15)8-9-19-12-13(2)3/h13-17H,6-12H2,1-5H3. The number of rotatable bonds is 8. The molecule has 0 aromatic carbocycles. The minimum absolute atomic E-state index is 0.637. The van der Waals surface area contributed by atoms with Crippen molar-refractivity contribution in [3.8, 4) is 0 Å². The summed E-state index contributed by atoms with van der Waals surface area (Å²) in [6.45, 7) is 16.5. The molecule has 0 radical (unpaired) electrons. The van der Waals surface area contributed by atoms with E-state index in [1.54, 1.807) is 0 Å². The van der Waals surface area contributed by atoms with Crippen molar-refractivity contribution in [1.29, 1.82) is 0 Å². The first-order chi connectivity index (χ1) is 9.04. The highest BCUT2D eigenvalue weighted by Crippen LogP contribution is 2.16. The first kappa shape index (κ1) is 16.9. The molecule has 0 saturated carbocycles. The average molecular weight is 270 g/mol. The van der Waals surface area contributed by atoms with Crippen molar-refractivity contribution < 1.29 is 4.74 Å². The molecule has 1 saturated heterocycles. The minimum atomic E-state index is 0.637. The molecule has 114 valence electrons. The molecule has 2 atom stereocenters. The van der Waals surface area contributed by atoms with Gasteiger partial charge in [-0.3, -0.25) is 4.90 Å². The lowest BCUT2D eigenvalue weighted by Gasteiger charge is -2.42. The summed E-state index contributed by atoms with van der Waals surface area (Å²) in [7, 11) is 0. The Morgan fingerprint density at radius 1 is 1.26 bits per heavy atom. The third-order valence-corrected chi connectivity index (χ3v) is 3.96. The van der Waals surface area contributed by atoms with Crippen molar-refractivity contribution in [1.82, 2.24) is 10.2 Å². The highest BCUT2D eigenvalue weighted by atomic mass is 16.5. The molecule has 19 heavy (non-hydrogen) atoms. The van der Waals surface area contributed by atoms with Crippen molar-refractivity contribution in [2.24, 2.45) is 11.8 Å². The summed E-state index contributed by atoms with van der Waals surface area (Å²) in [4.78, 5) is 2.64. The number of nitrogens with zero attached hydrogens (tertiary/aromatic N) is 1. The van der Waals surface area contributed by atoms with Gasteiger partial charge in [0, 0.05) is 38.3 Å². The van der Waals surface area contributed by atoms with Crippen LogP contribution in [-0.2, 0) is 4.74 Å². The van der Waals surface area contributed by atoms with E-state index >= 15 is 0 Å². The molecule has 0 bridgehead atoms. The third kappa shape index (κ3) is 6.24. The van der Waals surface area contributed by atoms with E-state index in [1.807, 2.05) is 0 Å². The number of nitrogens with one attached hydrogen (secondary N) is 1. The quantitative estimate of drug-likeness (QED) is 0.686. The van der Waals surface area contributed by atoms with Crippen LogP contribution in [0.1, 0.15) is 47.5 Å². The molecule has 1 fully saturated rings. The first-order valence-electron chi connectivity index (χ1n) is 8.09. The second-order valence-corrected chi connectivity index (χ2v) is 6.66. The molecule has 0 aromatic heterocycles. The molecule has 0 spiro atoms. The summed E-state index contributed by atoms with van der Waals surface area (Å²) >= 11 is 0. The Morgan fingerprint density at radius 3 is 2.58 bits per heavy atom. The average Bonchev–Trinajstić information content (AvgIpc) is 2.36. The van der Waals surface area contributed by atoms with Crippen LogP contribution in [0.4, 0.5) is 0 Å². The van der Waals surface area contributed by atoms with Crippen molar-refractivity contribution in [3.05, 3.63) is 0 Å². The lowest BCUT2D eigenvalue weighted by molar-refractivity contribution is 0.0473. The van der Waals surface area contributed by atoms with Crippen LogP contribution < -0.4 is 5.32 Å². The van der Waals surface area contributed by atoms with Crippen LogP contribution in [-0.4, -0.2) is 49.8 Å². The smallest absolute Gasteiger partial charge is 0.0593 e. The van der Waals surface area contributed by atoms with Crippen molar-refractivity contribution in [3.63, 3.8) is 0 Å². The SMILES string of the molecule is CCCC1CNC(C(C)C)CN1CCOCC(C)C. The Bertz CT molecular complexity index is 231. The van der Waals surface area contributed by atoms with E-state index in [4.69, 9.17) is 4.74 Å². The summed E-state index contributed by atoms with van der Waals surface area (Å²) in [5, 5.41) is 3.71. The van der Waals surface area contributed by atoms with Gasteiger partial charge in [-0.05, 0) is 18.3 Å². The minimum Gasteiger partial charge on any atom is -0.380 e. The molecule has 0 amide bonds. The zero-order valence-corrected chi connectivity index (χ0v) is 13.6. The normalized spacial score (nSPS) is 25.4. The zero-order chi connectivity index (χ0) is 14.3. The van der Waals surface area contributed by atoms with E-state index in [-0.39, 0.29) is 0 Å². The first-order valence-corrected chi connectivity index (χ1v) is 8.09. The Balaban J connectivity index is 2.38. The lowest BCUT2D eigenvalue weighted by atomic mass is 9.97. The monoisotopic (exact) mass is 270 g/mol. The number of hydrogen-bond acceptors (Lipinski definition) is 3. The van der Waals surface area contributed by atoms with E-state index in [9.17, 15) is 0 Å². The molecule has 2 unspecified atom stereocenters.